The summed E-state index contributed by atoms with van der Waals surface area (Å²) >= 11 is 0. The minimum atomic E-state index is -4.59. The van der Waals surface area contributed by atoms with Crippen LogP contribution in [-0.4, -0.2) is 47.0 Å². The summed E-state index contributed by atoms with van der Waals surface area (Å²) in [5, 5.41) is 0. The van der Waals surface area contributed by atoms with E-state index in [0.717, 1.165) is 12.1 Å². The number of aromatic nitrogens is 2. The summed E-state index contributed by atoms with van der Waals surface area (Å²) in [6.07, 6.45) is -2.24. The molecule has 1 saturated carbocycles. The normalized spacial score (nSPS) is 21.2. The molecule has 5 rings (SSSR count). The zero-order chi connectivity index (χ0) is 27.0. The topological polar surface area (TPSA) is 123 Å². The van der Waals surface area contributed by atoms with Crippen LogP contribution in [0.15, 0.2) is 47.5 Å². The van der Waals surface area contributed by atoms with Crippen molar-refractivity contribution in [3.63, 3.8) is 0 Å². The molecule has 0 unspecified atom stereocenters. The van der Waals surface area contributed by atoms with E-state index in [0.29, 0.717) is 55.6 Å². The molecule has 1 saturated heterocycles. The van der Waals surface area contributed by atoms with Gasteiger partial charge in [0.2, 0.25) is 11.5 Å². The lowest BCUT2D eigenvalue weighted by Gasteiger charge is -2.28. The minimum Gasteiger partial charge on any atom is -0.370 e. The summed E-state index contributed by atoms with van der Waals surface area (Å²) in [4.78, 5) is 45.9. The Labute approximate surface area is 215 Å². The summed E-state index contributed by atoms with van der Waals surface area (Å²) < 4.78 is 46.6. The number of alkyl halides is 3. The number of fused-ring (bicyclic) bond motifs is 1. The number of imidazole rings is 1. The van der Waals surface area contributed by atoms with Crippen LogP contribution in [0.3, 0.4) is 0 Å². The van der Waals surface area contributed by atoms with E-state index in [1.165, 1.54) is 12.1 Å². The highest BCUT2D eigenvalue weighted by Gasteiger charge is 2.31. The first kappa shape index (κ1) is 25.7. The fourth-order valence-corrected chi connectivity index (χ4v) is 5.15. The van der Waals surface area contributed by atoms with E-state index in [4.69, 9.17) is 10.5 Å². The zero-order valence-corrected chi connectivity index (χ0v) is 20.3. The number of primary amides is 1. The maximum Gasteiger partial charge on any atom is 0.416 e. The number of H-pyrrole nitrogens is 1. The number of aromatic amines is 1. The summed E-state index contributed by atoms with van der Waals surface area (Å²) in [5.41, 5.74) is 6.50. The number of ether oxygens (including phenoxy) is 1. The van der Waals surface area contributed by atoms with Crippen molar-refractivity contribution < 1.29 is 32.3 Å². The number of hydrogen-bond donors (Lipinski definition) is 2. The summed E-state index contributed by atoms with van der Waals surface area (Å²) in [5.74, 6) is -1.59. The molecule has 0 radical (unpaired) electrons. The van der Waals surface area contributed by atoms with Crippen LogP contribution in [0.5, 0.6) is 0 Å². The molecule has 3 N–H and O–H groups in total. The van der Waals surface area contributed by atoms with Crippen molar-refractivity contribution in [2.75, 3.05) is 24.7 Å². The number of nitrogens with one attached hydrogen (secondary N) is 1. The van der Waals surface area contributed by atoms with Gasteiger partial charge in [-0.25, -0.2) is 0 Å². The predicted molar refractivity (Wildman–Crippen MR) is 131 cm³/mol. The second kappa shape index (κ2) is 10.1. The molecule has 1 aliphatic carbocycles. The van der Waals surface area contributed by atoms with Crippen LogP contribution in [0, 0.1) is 5.92 Å². The van der Waals surface area contributed by atoms with Crippen molar-refractivity contribution in [1.29, 1.82) is 0 Å². The molecule has 2 aromatic carbocycles. The van der Waals surface area contributed by atoms with Crippen LogP contribution in [0.25, 0.3) is 11.0 Å². The highest BCUT2D eigenvalue weighted by Crippen LogP contribution is 2.34. The fourth-order valence-electron chi connectivity index (χ4n) is 5.15. The second-order valence-electron chi connectivity index (χ2n) is 9.52. The van der Waals surface area contributed by atoms with Crippen molar-refractivity contribution in [3.8, 4) is 0 Å². The van der Waals surface area contributed by atoms with Crippen LogP contribution in [0.2, 0.25) is 0 Å². The van der Waals surface area contributed by atoms with E-state index < -0.39 is 17.6 Å². The quantitative estimate of drug-likeness (QED) is 0.538. The average Bonchev–Trinajstić information content (AvgIpc) is 3.25. The van der Waals surface area contributed by atoms with Gasteiger partial charge in [0.15, 0.2) is 0 Å². The van der Waals surface area contributed by atoms with E-state index in [-0.39, 0.29) is 41.6 Å². The number of rotatable bonds is 4. The Morgan fingerprint density at radius 1 is 1.08 bits per heavy atom. The lowest BCUT2D eigenvalue weighted by Crippen LogP contribution is -2.41. The van der Waals surface area contributed by atoms with Crippen LogP contribution < -0.4 is 16.3 Å². The lowest BCUT2D eigenvalue weighted by molar-refractivity contribution is -0.137. The molecular formula is C26H26F3N5O4. The monoisotopic (exact) mass is 529 g/mol. The van der Waals surface area contributed by atoms with Crippen LogP contribution >= 0.6 is 0 Å². The number of halogens is 3. The Hall–Kier alpha value is -3.93. The van der Waals surface area contributed by atoms with E-state index in [2.05, 4.69) is 9.98 Å². The Morgan fingerprint density at radius 3 is 2.53 bits per heavy atom. The highest BCUT2D eigenvalue weighted by atomic mass is 19.4. The Balaban J connectivity index is 1.58. The van der Waals surface area contributed by atoms with Crippen molar-refractivity contribution >= 4 is 34.4 Å². The lowest BCUT2D eigenvalue weighted by atomic mass is 9.85. The standard InChI is InChI=1S/C26H26F3N5O4/c27-26(28,29)17-3-1-2-16(12-17)24(37)32-25-31-20-13-19(33-10-11-38-14-22(33)35)8-9-21(20)34(25)18-6-4-15(5-7-18)23(30)36/h1-3,8-9,12-13,15,18H,4-7,10-11,14H2,(H2,30,36)(H,31,32,37)/t15-,18-. The Morgan fingerprint density at radius 2 is 1.84 bits per heavy atom. The molecule has 2 fully saturated rings. The van der Waals surface area contributed by atoms with Gasteiger partial charge in [0.25, 0.3) is 11.8 Å². The molecule has 38 heavy (non-hydrogen) atoms. The van der Waals surface area contributed by atoms with Crippen LogP contribution in [-0.2, 0) is 20.5 Å². The van der Waals surface area contributed by atoms with Gasteiger partial charge in [-0.05, 0) is 62.1 Å². The number of amides is 3. The van der Waals surface area contributed by atoms with Crippen molar-refractivity contribution in [3.05, 3.63) is 59.2 Å². The highest BCUT2D eigenvalue weighted by molar-refractivity contribution is 5.97. The van der Waals surface area contributed by atoms with Gasteiger partial charge in [0, 0.05) is 29.8 Å². The number of anilines is 1. The number of benzene rings is 2. The zero-order valence-electron chi connectivity index (χ0n) is 20.3. The molecule has 200 valence electrons. The van der Waals surface area contributed by atoms with E-state index in [9.17, 15) is 27.6 Å². The molecule has 1 aromatic heterocycles. The molecule has 0 spiro atoms. The molecule has 3 aromatic rings. The van der Waals surface area contributed by atoms with E-state index >= 15 is 0 Å². The molecule has 2 heterocycles. The Bertz CT molecular complexity index is 1470. The first-order valence-corrected chi connectivity index (χ1v) is 12.3. The first-order chi connectivity index (χ1) is 18.1. The van der Waals surface area contributed by atoms with Gasteiger partial charge in [-0.2, -0.15) is 18.2 Å². The Kier molecular flexibility index (Phi) is 6.82. The maximum atomic E-state index is 13.2. The van der Waals surface area contributed by atoms with Gasteiger partial charge >= 0.3 is 6.18 Å². The molecule has 0 atom stereocenters. The van der Waals surface area contributed by atoms with Gasteiger partial charge in [-0.3, -0.25) is 14.4 Å². The number of nitrogens with two attached hydrogens (primary N) is 1. The number of carbonyl (C=O) groups excluding carboxylic acids is 3. The fraction of sp³-hybridized carbons (Fsp3) is 0.385. The summed E-state index contributed by atoms with van der Waals surface area (Å²) in [7, 11) is 0. The molecule has 2 aliphatic rings. The smallest absolute Gasteiger partial charge is 0.370 e. The minimum absolute atomic E-state index is 0.0159. The van der Waals surface area contributed by atoms with Gasteiger partial charge in [0.05, 0.1) is 23.2 Å². The van der Waals surface area contributed by atoms with Gasteiger partial charge in [0.1, 0.15) is 6.61 Å². The van der Waals surface area contributed by atoms with E-state index in [1.807, 2.05) is 10.6 Å². The van der Waals surface area contributed by atoms with Crippen LogP contribution in [0.4, 0.5) is 18.9 Å². The van der Waals surface area contributed by atoms with Gasteiger partial charge in [-0.15, -0.1) is 0 Å². The van der Waals surface area contributed by atoms with Gasteiger partial charge in [-0.1, -0.05) is 6.07 Å². The van der Waals surface area contributed by atoms with Crippen LogP contribution in [0.1, 0.15) is 47.6 Å². The molecule has 0 bridgehead atoms. The predicted octanol–water partition coefficient (Wildman–Crippen LogP) is 3.31. The first-order valence-electron chi connectivity index (χ1n) is 12.3. The van der Waals surface area contributed by atoms with Crippen molar-refractivity contribution in [1.82, 2.24) is 9.55 Å². The molecule has 9 nitrogen and oxygen atoms in total. The molecule has 12 heteroatoms. The van der Waals surface area contributed by atoms with Crippen molar-refractivity contribution in [2.24, 2.45) is 16.6 Å². The third-order valence-corrected chi connectivity index (χ3v) is 7.12. The SMILES string of the molecule is NC(=O)[C@H]1CC[C@H](n2/c(=N/C(=O)c3cccc(C(F)(F)F)c3)[nH]c3cc(N4CCOCC4=O)ccc32)CC1. The van der Waals surface area contributed by atoms with Crippen molar-refractivity contribution in [2.45, 2.75) is 37.9 Å². The average molecular weight is 530 g/mol. The third kappa shape index (κ3) is 5.08. The number of morpholine rings is 1. The third-order valence-electron chi connectivity index (χ3n) is 7.12. The molecule has 3 amide bonds. The number of nitrogens with zero attached hydrogens (tertiary/aromatic N) is 3. The summed E-state index contributed by atoms with van der Waals surface area (Å²) in [6, 6.07) is 9.39. The largest absolute Gasteiger partial charge is 0.416 e. The number of carbonyl (C=O) groups is 3. The maximum absolute atomic E-state index is 13.2. The summed E-state index contributed by atoms with van der Waals surface area (Å²) in [6.45, 7) is 0.787. The van der Waals surface area contributed by atoms with Gasteiger partial charge < -0.3 is 24.9 Å². The molecular weight excluding hydrogens is 503 g/mol. The van der Waals surface area contributed by atoms with E-state index in [1.54, 1.807) is 17.0 Å². The molecule has 1 aliphatic heterocycles. The number of hydrogen-bond acceptors (Lipinski definition) is 4. The second-order valence-corrected chi connectivity index (χ2v) is 9.52.